The van der Waals surface area contributed by atoms with Gasteiger partial charge in [-0.3, -0.25) is 4.79 Å². The number of carbonyl (C=O) groups is 1. The molecule has 1 fully saturated rings. The van der Waals surface area contributed by atoms with Gasteiger partial charge in [0.2, 0.25) is 10.0 Å². The fraction of sp³-hybridized carbons (Fsp3) is 0.391. The summed E-state index contributed by atoms with van der Waals surface area (Å²) in [6.45, 7) is 5.17. The van der Waals surface area contributed by atoms with E-state index in [1.54, 1.807) is 30.5 Å². The van der Waals surface area contributed by atoms with E-state index in [4.69, 9.17) is 4.98 Å². The van der Waals surface area contributed by atoms with Gasteiger partial charge in [-0.2, -0.15) is 0 Å². The largest absolute Gasteiger partial charge is 0.345 e. The standard InChI is InChI=1S/C23H28N4O3S2/c1-3-4-13-25(2)32(29,30)19-11-9-18(10-12-19)22(28)26-14-16-27(17-15-26)23-24-20-7-5-6-8-21(20)31-23/h5-12H,3-4,13-17H2,1-2H3. The Labute approximate surface area is 193 Å². The van der Waals surface area contributed by atoms with Crippen LogP contribution in [0, 0.1) is 0 Å². The number of amides is 1. The summed E-state index contributed by atoms with van der Waals surface area (Å²) in [5.74, 6) is -0.0720. The van der Waals surface area contributed by atoms with Crippen LogP contribution in [0.4, 0.5) is 5.13 Å². The molecule has 0 radical (unpaired) electrons. The van der Waals surface area contributed by atoms with Gasteiger partial charge in [0.05, 0.1) is 15.1 Å². The Balaban J connectivity index is 1.39. The molecule has 170 valence electrons. The highest BCUT2D eigenvalue weighted by Gasteiger charge is 2.25. The Morgan fingerprint density at radius 3 is 2.41 bits per heavy atom. The summed E-state index contributed by atoms with van der Waals surface area (Å²) in [7, 11) is -1.94. The number of para-hydroxylation sites is 1. The first kappa shape index (κ1) is 22.7. The summed E-state index contributed by atoms with van der Waals surface area (Å²) in [5.41, 5.74) is 1.51. The number of unbranched alkanes of at least 4 members (excludes halogenated alkanes) is 1. The van der Waals surface area contributed by atoms with Crippen molar-refractivity contribution in [2.45, 2.75) is 24.7 Å². The number of hydrogen-bond acceptors (Lipinski definition) is 6. The second kappa shape index (κ2) is 9.56. The third-order valence-corrected chi connectivity index (χ3v) is 8.72. The fourth-order valence-electron chi connectivity index (χ4n) is 3.73. The Bertz CT molecular complexity index is 1150. The number of anilines is 1. The molecule has 0 unspecified atom stereocenters. The van der Waals surface area contributed by atoms with Gasteiger partial charge in [-0.05, 0) is 42.8 Å². The molecule has 1 aliphatic rings. The van der Waals surface area contributed by atoms with E-state index in [0.29, 0.717) is 25.2 Å². The van der Waals surface area contributed by atoms with Crippen LogP contribution in [0.2, 0.25) is 0 Å². The average Bonchev–Trinajstić information content (AvgIpc) is 3.26. The van der Waals surface area contributed by atoms with Crippen molar-refractivity contribution in [2.24, 2.45) is 0 Å². The zero-order valence-corrected chi connectivity index (χ0v) is 20.0. The Morgan fingerprint density at radius 1 is 1.06 bits per heavy atom. The van der Waals surface area contributed by atoms with Crippen LogP contribution in [-0.2, 0) is 10.0 Å². The minimum atomic E-state index is -3.53. The molecule has 0 saturated carbocycles. The van der Waals surface area contributed by atoms with E-state index in [-0.39, 0.29) is 10.8 Å². The zero-order valence-electron chi connectivity index (χ0n) is 18.4. The number of carbonyl (C=O) groups excluding carboxylic acids is 1. The van der Waals surface area contributed by atoms with Crippen molar-refractivity contribution in [1.29, 1.82) is 0 Å². The van der Waals surface area contributed by atoms with Crippen molar-refractivity contribution in [3.63, 3.8) is 0 Å². The molecular weight excluding hydrogens is 444 g/mol. The third kappa shape index (κ3) is 4.65. The van der Waals surface area contributed by atoms with Gasteiger partial charge in [-0.15, -0.1) is 0 Å². The third-order valence-electron chi connectivity index (χ3n) is 5.76. The highest BCUT2D eigenvalue weighted by Crippen LogP contribution is 2.29. The summed E-state index contributed by atoms with van der Waals surface area (Å²) in [6, 6.07) is 14.4. The molecule has 9 heteroatoms. The first-order chi connectivity index (χ1) is 15.4. The molecule has 4 rings (SSSR count). The monoisotopic (exact) mass is 472 g/mol. The van der Waals surface area contributed by atoms with E-state index in [0.717, 1.165) is 41.3 Å². The van der Waals surface area contributed by atoms with Gasteiger partial charge in [0.1, 0.15) is 0 Å². The number of piperazine rings is 1. The molecule has 7 nitrogen and oxygen atoms in total. The quantitative estimate of drug-likeness (QED) is 0.524. The highest BCUT2D eigenvalue weighted by molar-refractivity contribution is 7.89. The van der Waals surface area contributed by atoms with Crippen LogP contribution in [0.25, 0.3) is 10.2 Å². The van der Waals surface area contributed by atoms with E-state index in [1.165, 1.54) is 16.4 Å². The number of aromatic nitrogens is 1. The molecular formula is C23H28N4O3S2. The lowest BCUT2D eigenvalue weighted by molar-refractivity contribution is 0.0746. The summed E-state index contributed by atoms with van der Waals surface area (Å²) in [6.07, 6.45) is 1.74. The van der Waals surface area contributed by atoms with Crippen LogP contribution in [-0.4, -0.2) is 68.3 Å². The van der Waals surface area contributed by atoms with E-state index in [1.807, 2.05) is 30.0 Å². The summed E-state index contributed by atoms with van der Waals surface area (Å²) < 4.78 is 27.9. The molecule has 32 heavy (non-hydrogen) atoms. The predicted octanol–water partition coefficient (Wildman–Crippen LogP) is 3.68. The van der Waals surface area contributed by atoms with Crippen molar-refractivity contribution < 1.29 is 13.2 Å². The minimum Gasteiger partial charge on any atom is -0.345 e. The van der Waals surface area contributed by atoms with Crippen LogP contribution in [0.5, 0.6) is 0 Å². The summed E-state index contributed by atoms with van der Waals surface area (Å²) in [4.78, 5) is 21.9. The summed E-state index contributed by atoms with van der Waals surface area (Å²) in [5, 5.41) is 0.986. The number of fused-ring (bicyclic) bond motifs is 1. The number of sulfonamides is 1. The van der Waals surface area contributed by atoms with Crippen molar-refractivity contribution in [3.8, 4) is 0 Å². The van der Waals surface area contributed by atoms with Crippen molar-refractivity contribution in [3.05, 3.63) is 54.1 Å². The van der Waals surface area contributed by atoms with E-state index in [9.17, 15) is 13.2 Å². The number of rotatable bonds is 7. The average molecular weight is 473 g/mol. The topological polar surface area (TPSA) is 73.8 Å². The van der Waals surface area contributed by atoms with Crippen LogP contribution < -0.4 is 4.90 Å². The maximum absolute atomic E-state index is 13.0. The zero-order chi connectivity index (χ0) is 22.7. The van der Waals surface area contributed by atoms with Gasteiger partial charge in [-0.25, -0.2) is 17.7 Å². The van der Waals surface area contributed by atoms with Crippen molar-refractivity contribution >= 4 is 42.6 Å². The molecule has 1 saturated heterocycles. The predicted molar refractivity (Wildman–Crippen MR) is 129 cm³/mol. The highest BCUT2D eigenvalue weighted by atomic mass is 32.2. The van der Waals surface area contributed by atoms with Gasteiger partial charge in [0, 0.05) is 45.3 Å². The Morgan fingerprint density at radius 2 is 1.75 bits per heavy atom. The summed E-state index contributed by atoms with van der Waals surface area (Å²) >= 11 is 1.67. The number of benzene rings is 2. The molecule has 3 aromatic rings. The van der Waals surface area contributed by atoms with Gasteiger partial charge in [0.25, 0.3) is 5.91 Å². The molecule has 0 bridgehead atoms. The van der Waals surface area contributed by atoms with Gasteiger partial charge in [-0.1, -0.05) is 36.8 Å². The molecule has 0 aliphatic carbocycles. The van der Waals surface area contributed by atoms with Gasteiger partial charge < -0.3 is 9.80 Å². The van der Waals surface area contributed by atoms with Crippen LogP contribution in [0.15, 0.2) is 53.4 Å². The lowest BCUT2D eigenvalue weighted by atomic mass is 10.2. The second-order valence-corrected chi connectivity index (χ2v) is 11.0. The first-order valence-corrected chi connectivity index (χ1v) is 13.1. The van der Waals surface area contributed by atoms with E-state index in [2.05, 4.69) is 11.0 Å². The number of nitrogens with zero attached hydrogens (tertiary/aromatic N) is 4. The molecule has 1 aliphatic heterocycles. The van der Waals surface area contributed by atoms with Crippen molar-refractivity contribution in [1.82, 2.24) is 14.2 Å². The maximum Gasteiger partial charge on any atom is 0.253 e. The van der Waals surface area contributed by atoms with Crippen molar-refractivity contribution in [2.75, 3.05) is 44.7 Å². The van der Waals surface area contributed by atoms with Crippen LogP contribution >= 0.6 is 11.3 Å². The molecule has 2 aromatic carbocycles. The lowest BCUT2D eigenvalue weighted by Gasteiger charge is -2.34. The SMILES string of the molecule is CCCCN(C)S(=O)(=O)c1ccc(C(=O)N2CCN(c3nc4ccccc4s3)CC2)cc1. The number of thiazole rings is 1. The normalized spacial score (nSPS) is 15.0. The van der Waals surface area contributed by atoms with Crippen LogP contribution in [0.1, 0.15) is 30.1 Å². The fourth-order valence-corrected chi connectivity index (χ4v) is 5.96. The maximum atomic E-state index is 13.0. The Hall–Kier alpha value is -2.49. The molecule has 1 amide bonds. The van der Waals surface area contributed by atoms with E-state index >= 15 is 0 Å². The molecule has 2 heterocycles. The van der Waals surface area contributed by atoms with Gasteiger partial charge in [0.15, 0.2) is 5.13 Å². The Kier molecular flexibility index (Phi) is 6.78. The second-order valence-electron chi connectivity index (χ2n) is 7.95. The first-order valence-electron chi connectivity index (χ1n) is 10.9. The smallest absolute Gasteiger partial charge is 0.253 e. The number of hydrogen-bond donors (Lipinski definition) is 0. The molecule has 0 N–H and O–H groups in total. The van der Waals surface area contributed by atoms with Gasteiger partial charge >= 0.3 is 0 Å². The van der Waals surface area contributed by atoms with Crippen LogP contribution in [0.3, 0.4) is 0 Å². The molecule has 0 spiro atoms. The van der Waals surface area contributed by atoms with E-state index < -0.39 is 10.0 Å². The minimum absolute atomic E-state index is 0.0720. The lowest BCUT2D eigenvalue weighted by Crippen LogP contribution is -2.48. The molecule has 1 aromatic heterocycles. The molecule has 0 atom stereocenters.